The predicted molar refractivity (Wildman–Crippen MR) is 130 cm³/mol. The van der Waals surface area contributed by atoms with Crippen LogP contribution in [0.4, 0.5) is 5.69 Å². The lowest BCUT2D eigenvalue weighted by Crippen LogP contribution is -2.23. The summed E-state index contributed by atoms with van der Waals surface area (Å²) in [6.07, 6.45) is 0. The van der Waals surface area contributed by atoms with E-state index in [9.17, 15) is 4.79 Å². The predicted octanol–water partition coefficient (Wildman–Crippen LogP) is 4.13. The van der Waals surface area contributed by atoms with E-state index in [0.717, 1.165) is 28.3 Å². The maximum Gasteiger partial charge on any atom is 0.237 e. The number of hydrogen-bond acceptors (Lipinski definition) is 7. The highest BCUT2D eigenvalue weighted by molar-refractivity contribution is 8.00. The number of amides is 1. The van der Waals surface area contributed by atoms with Crippen molar-refractivity contribution in [2.24, 2.45) is 7.05 Å². The summed E-state index contributed by atoms with van der Waals surface area (Å²) in [5, 5.41) is 16.5. The molecule has 0 fully saturated rings. The van der Waals surface area contributed by atoms with Gasteiger partial charge in [0, 0.05) is 18.3 Å². The van der Waals surface area contributed by atoms with E-state index < -0.39 is 5.25 Å². The fraction of sp³-hybridized carbons (Fsp3) is 0.250. The van der Waals surface area contributed by atoms with Crippen LogP contribution < -0.4 is 14.8 Å². The summed E-state index contributed by atoms with van der Waals surface area (Å²) in [6.45, 7) is 5.86. The number of anilines is 1. The van der Waals surface area contributed by atoms with Crippen molar-refractivity contribution in [1.82, 2.24) is 24.5 Å². The maximum atomic E-state index is 13.0. The third-order valence-electron chi connectivity index (χ3n) is 5.69. The summed E-state index contributed by atoms with van der Waals surface area (Å²) in [5.41, 5.74) is 4.16. The van der Waals surface area contributed by atoms with Crippen LogP contribution in [-0.2, 0) is 11.8 Å². The summed E-state index contributed by atoms with van der Waals surface area (Å²) >= 11 is 1.35. The van der Waals surface area contributed by atoms with Gasteiger partial charge in [-0.05, 0) is 51.1 Å². The van der Waals surface area contributed by atoms with Gasteiger partial charge >= 0.3 is 0 Å². The van der Waals surface area contributed by atoms with Gasteiger partial charge in [0.1, 0.15) is 0 Å². The van der Waals surface area contributed by atoms with Gasteiger partial charge in [-0.1, -0.05) is 30.0 Å². The molecular weight excluding hydrogens is 452 g/mol. The number of ether oxygens (including phenoxy) is 2. The summed E-state index contributed by atoms with van der Waals surface area (Å²) in [6, 6.07) is 15.5. The highest BCUT2D eigenvalue weighted by Gasteiger charge is 2.24. The smallest absolute Gasteiger partial charge is 0.237 e. The number of rotatable bonds is 6. The van der Waals surface area contributed by atoms with Crippen molar-refractivity contribution in [3.63, 3.8) is 0 Å². The highest BCUT2D eigenvalue weighted by atomic mass is 32.2. The number of thioether (sulfide) groups is 1. The number of carbonyl (C=O) groups is 1. The molecule has 1 aliphatic heterocycles. The molecule has 174 valence electrons. The molecule has 0 bridgehead atoms. The minimum Gasteiger partial charge on any atom is -0.454 e. The van der Waals surface area contributed by atoms with Crippen LogP contribution in [0.15, 0.2) is 53.7 Å². The largest absolute Gasteiger partial charge is 0.454 e. The fourth-order valence-corrected chi connectivity index (χ4v) is 4.64. The van der Waals surface area contributed by atoms with E-state index in [4.69, 9.17) is 9.47 Å². The molecule has 0 saturated carbocycles. The second-order valence-corrected chi connectivity index (χ2v) is 9.27. The molecule has 34 heavy (non-hydrogen) atoms. The molecule has 1 N–H and O–H groups in total. The van der Waals surface area contributed by atoms with Crippen LogP contribution in [0.25, 0.3) is 17.1 Å². The SMILES string of the molecule is Cc1nn(C)c(C)c1NC(=O)[C@@H](C)Sc1nnc(-c2ccc3c(c2)OCO3)n1-c1ccccc1. The summed E-state index contributed by atoms with van der Waals surface area (Å²) < 4.78 is 14.7. The lowest BCUT2D eigenvalue weighted by atomic mass is 10.2. The Bertz CT molecular complexity index is 1360. The highest BCUT2D eigenvalue weighted by Crippen LogP contribution is 2.37. The lowest BCUT2D eigenvalue weighted by molar-refractivity contribution is -0.115. The van der Waals surface area contributed by atoms with Gasteiger partial charge in [-0.25, -0.2) is 0 Å². The Hall–Kier alpha value is -3.79. The number of carbonyl (C=O) groups excluding carboxylic acids is 1. The Morgan fingerprint density at radius 2 is 1.85 bits per heavy atom. The van der Waals surface area contributed by atoms with Gasteiger partial charge in [0.15, 0.2) is 22.5 Å². The molecule has 10 heteroatoms. The molecule has 5 rings (SSSR count). The Balaban J connectivity index is 1.46. The van der Waals surface area contributed by atoms with Gasteiger partial charge < -0.3 is 14.8 Å². The molecule has 0 spiro atoms. The molecule has 2 aromatic carbocycles. The second-order valence-electron chi connectivity index (χ2n) is 7.96. The van der Waals surface area contributed by atoms with E-state index in [0.29, 0.717) is 22.5 Å². The van der Waals surface area contributed by atoms with Crippen LogP contribution in [0.3, 0.4) is 0 Å². The maximum absolute atomic E-state index is 13.0. The molecule has 0 aliphatic carbocycles. The van der Waals surface area contributed by atoms with Gasteiger partial charge in [-0.2, -0.15) is 5.10 Å². The van der Waals surface area contributed by atoms with E-state index in [2.05, 4.69) is 20.6 Å². The van der Waals surface area contributed by atoms with Crippen LogP contribution >= 0.6 is 11.8 Å². The molecule has 4 aromatic rings. The Labute approximate surface area is 201 Å². The summed E-state index contributed by atoms with van der Waals surface area (Å²) in [4.78, 5) is 13.0. The van der Waals surface area contributed by atoms with Crippen LogP contribution in [0, 0.1) is 13.8 Å². The number of nitrogens with one attached hydrogen (secondary N) is 1. The zero-order valence-electron chi connectivity index (χ0n) is 19.3. The first-order chi connectivity index (χ1) is 16.4. The first kappa shape index (κ1) is 22.0. The van der Waals surface area contributed by atoms with Crippen molar-refractivity contribution in [2.45, 2.75) is 31.2 Å². The monoisotopic (exact) mass is 476 g/mol. The molecule has 0 saturated heterocycles. The molecule has 3 heterocycles. The van der Waals surface area contributed by atoms with Crippen LogP contribution in [-0.4, -0.2) is 42.5 Å². The zero-order chi connectivity index (χ0) is 23.8. The van der Waals surface area contributed by atoms with Crippen LogP contribution in [0.5, 0.6) is 11.5 Å². The zero-order valence-corrected chi connectivity index (χ0v) is 20.1. The average Bonchev–Trinajstić information content (AvgIpc) is 3.53. The van der Waals surface area contributed by atoms with E-state index in [1.807, 2.05) is 80.9 Å². The minimum absolute atomic E-state index is 0.128. The number of benzene rings is 2. The third kappa shape index (κ3) is 4.01. The van der Waals surface area contributed by atoms with E-state index in [1.165, 1.54) is 11.8 Å². The first-order valence-corrected chi connectivity index (χ1v) is 11.7. The van der Waals surface area contributed by atoms with Crippen molar-refractivity contribution in [1.29, 1.82) is 0 Å². The molecule has 9 nitrogen and oxygen atoms in total. The van der Waals surface area contributed by atoms with E-state index in [-0.39, 0.29) is 12.7 Å². The molecule has 1 atom stereocenters. The number of fused-ring (bicyclic) bond motifs is 1. The second kappa shape index (κ2) is 8.86. The fourth-order valence-electron chi connectivity index (χ4n) is 3.77. The van der Waals surface area contributed by atoms with Crippen molar-refractivity contribution >= 4 is 23.4 Å². The van der Waals surface area contributed by atoms with Crippen LogP contribution in [0.2, 0.25) is 0 Å². The van der Waals surface area contributed by atoms with Crippen molar-refractivity contribution in [3.8, 4) is 28.6 Å². The molecule has 0 unspecified atom stereocenters. The van der Waals surface area contributed by atoms with Gasteiger partial charge in [-0.3, -0.25) is 14.0 Å². The number of aryl methyl sites for hydroxylation is 2. The number of nitrogens with zero attached hydrogens (tertiary/aromatic N) is 5. The lowest BCUT2D eigenvalue weighted by Gasteiger charge is -2.14. The third-order valence-corrected chi connectivity index (χ3v) is 6.73. The Kier molecular flexibility index (Phi) is 5.74. The quantitative estimate of drug-likeness (QED) is 0.418. The normalized spacial score (nSPS) is 13.2. The number of aromatic nitrogens is 5. The van der Waals surface area contributed by atoms with Crippen molar-refractivity contribution < 1.29 is 14.3 Å². The minimum atomic E-state index is -0.421. The molecule has 0 radical (unpaired) electrons. The van der Waals surface area contributed by atoms with Gasteiger partial charge in [0.2, 0.25) is 12.7 Å². The molecular formula is C24H24N6O3S. The van der Waals surface area contributed by atoms with Gasteiger partial charge in [0.05, 0.1) is 22.3 Å². The number of hydrogen-bond donors (Lipinski definition) is 1. The average molecular weight is 477 g/mol. The van der Waals surface area contributed by atoms with Crippen LogP contribution in [0.1, 0.15) is 18.3 Å². The van der Waals surface area contributed by atoms with Gasteiger partial charge in [0.25, 0.3) is 0 Å². The van der Waals surface area contributed by atoms with Crippen molar-refractivity contribution in [2.75, 3.05) is 12.1 Å². The number of para-hydroxylation sites is 1. The van der Waals surface area contributed by atoms with Gasteiger partial charge in [-0.15, -0.1) is 10.2 Å². The molecule has 1 amide bonds. The van der Waals surface area contributed by atoms with E-state index >= 15 is 0 Å². The standard InChI is InChI=1S/C24H24N6O3S/c1-14-21(15(2)29(4)28-14)25-23(31)16(3)34-24-27-26-22(30(24)18-8-6-5-7-9-18)17-10-11-19-20(12-17)33-13-32-19/h5-12,16H,13H2,1-4H3,(H,25,31)/t16-/m1/s1. The van der Waals surface area contributed by atoms with Crippen molar-refractivity contribution in [3.05, 3.63) is 59.9 Å². The molecule has 2 aromatic heterocycles. The van der Waals surface area contributed by atoms with E-state index in [1.54, 1.807) is 4.68 Å². The Morgan fingerprint density at radius 1 is 1.09 bits per heavy atom. The topological polar surface area (TPSA) is 96.1 Å². The Morgan fingerprint density at radius 3 is 2.59 bits per heavy atom. The summed E-state index contributed by atoms with van der Waals surface area (Å²) in [7, 11) is 1.86. The first-order valence-electron chi connectivity index (χ1n) is 10.8. The molecule has 1 aliphatic rings. The summed E-state index contributed by atoms with van der Waals surface area (Å²) in [5.74, 6) is 1.90.